The molecule has 9 nitrogen and oxygen atoms in total. The van der Waals surface area contributed by atoms with Crippen molar-refractivity contribution in [3.05, 3.63) is 52.8 Å². The number of nitrogens with zero attached hydrogens (tertiary/aromatic N) is 4. The first-order valence-corrected chi connectivity index (χ1v) is 12.2. The maximum atomic E-state index is 14.9. The zero-order chi connectivity index (χ0) is 24.9. The summed E-state index contributed by atoms with van der Waals surface area (Å²) in [6, 6.07) is 3.85. The third-order valence-corrected chi connectivity index (χ3v) is 7.03. The molecule has 1 aromatic carbocycles. The number of anilines is 2. The summed E-state index contributed by atoms with van der Waals surface area (Å²) in [5.41, 5.74) is 0.897. The van der Waals surface area contributed by atoms with E-state index in [-0.39, 0.29) is 22.8 Å². The van der Waals surface area contributed by atoms with Gasteiger partial charge in [0.25, 0.3) is 10.0 Å². The molecular weight excluding hydrogens is 488 g/mol. The molecule has 1 aliphatic carbocycles. The lowest BCUT2D eigenvalue weighted by atomic mass is 9.90. The van der Waals surface area contributed by atoms with Gasteiger partial charge in [-0.1, -0.05) is 17.7 Å². The molecule has 0 bridgehead atoms. The van der Waals surface area contributed by atoms with E-state index >= 15 is 0 Å². The van der Waals surface area contributed by atoms with Crippen LogP contribution in [0.25, 0.3) is 0 Å². The summed E-state index contributed by atoms with van der Waals surface area (Å²) in [6.45, 7) is 1.45. The molecule has 0 radical (unpaired) electrons. The highest BCUT2D eigenvalue weighted by molar-refractivity contribution is 7.92. The molecule has 1 aliphatic rings. The van der Waals surface area contributed by atoms with Crippen molar-refractivity contribution in [3.63, 3.8) is 0 Å². The zero-order valence-electron chi connectivity index (χ0n) is 18.5. The van der Waals surface area contributed by atoms with E-state index in [0.29, 0.717) is 25.0 Å². The van der Waals surface area contributed by atoms with Gasteiger partial charge < -0.3 is 10.6 Å². The normalized spacial score (nSPS) is 18.3. The number of allylic oxidation sites excluding steroid dienone is 1. The molecule has 182 valence electrons. The van der Waals surface area contributed by atoms with Gasteiger partial charge in [-0.15, -0.1) is 0 Å². The molecule has 0 saturated carbocycles. The molecule has 2 aromatic rings. The molecule has 0 amide bonds. The van der Waals surface area contributed by atoms with E-state index in [0.717, 1.165) is 31.1 Å². The molecule has 0 saturated heterocycles. The molecule has 3 N–H and O–H groups in total. The first kappa shape index (κ1) is 25.8. The van der Waals surface area contributed by atoms with E-state index in [9.17, 15) is 22.5 Å². The fourth-order valence-electron chi connectivity index (χ4n) is 3.59. The fraction of sp³-hybridized carbons (Fsp3) is 0.381. The third kappa shape index (κ3) is 6.18. The minimum atomic E-state index is -4.42. The topological polar surface area (TPSA) is 123 Å². The number of likely N-dealkylation sites (N-methyl/N-ethyl adjacent to an activating group) is 2. The molecule has 0 aliphatic heterocycles. The van der Waals surface area contributed by atoms with Crippen LogP contribution in [0.3, 0.4) is 0 Å². The summed E-state index contributed by atoms with van der Waals surface area (Å²) < 4.78 is 55.1. The largest absolute Gasteiger partial charge is 0.379 e. The van der Waals surface area contributed by atoms with E-state index in [1.807, 2.05) is 24.9 Å². The SMILES string of the molecule is CNCCN(C)C1C=C(C#N)CCC1Nc1cc(F)c(S(=O)(=O)Nc2ncc(F)cn2)cc1Cl. The summed E-state index contributed by atoms with van der Waals surface area (Å²) in [4.78, 5) is 8.40. The number of rotatable bonds is 9. The van der Waals surface area contributed by atoms with Crippen LogP contribution in [0.5, 0.6) is 0 Å². The predicted octanol–water partition coefficient (Wildman–Crippen LogP) is 2.75. The number of nitrogens with one attached hydrogen (secondary N) is 3. The number of halogens is 3. The molecule has 0 fully saturated rings. The van der Waals surface area contributed by atoms with Crippen molar-refractivity contribution in [1.82, 2.24) is 20.2 Å². The van der Waals surface area contributed by atoms with Gasteiger partial charge in [-0.2, -0.15) is 5.26 Å². The highest BCUT2D eigenvalue weighted by atomic mass is 35.5. The van der Waals surface area contributed by atoms with Crippen molar-refractivity contribution in [1.29, 1.82) is 5.26 Å². The molecule has 34 heavy (non-hydrogen) atoms. The Bertz CT molecular complexity index is 1200. The van der Waals surface area contributed by atoms with Crippen molar-refractivity contribution in [3.8, 4) is 6.07 Å². The molecular formula is C21H24ClF2N7O2S. The fourth-order valence-corrected chi connectivity index (χ4v) is 4.92. The quantitative estimate of drug-likeness (QED) is 0.469. The number of nitriles is 1. The van der Waals surface area contributed by atoms with Crippen molar-refractivity contribution in [2.75, 3.05) is 37.2 Å². The smallest absolute Gasteiger partial charge is 0.267 e. The van der Waals surface area contributed by atoms with Crippen LogP contribution in [0.2, 0.25) is 5.02 Å². The maximum Gasteiger partial charge on any atom is 0.267 e. The van der Waals surface area contributed by atoms with Gasteiger partial charge >= 0.3 is 0 Å². The second kappa shape index (κ2) is 11.1. The van der Waals surface area contributed by atoms with E-state index in [1.54, 1.807) is 0 Å². The monoisotopic (exact) mass is 511 g/mol. The summed E-state index contributed by atoms with van der Waals surface area (Å²) >= 11 is 6.32. The molecule has 0 spiro atoms. The molecule has 1 aromatic heterocycles. The molecule has 13 heteroatoms. The van der Waals surface area contributed by atoms with Gasteiger partial charge in [0.1, 0.15) is 10.7 Å². The Hall–Kier alpha value is -2.85. The van der Waals surface area contributed by atoms with E-state index < -0.39 is 32.5 Å². The van der Waals surface area contributed by atoms with Gasteiger partial charge in [-0.3, -0.25) is 4.90 Å². The second-order valence-electron chi connectivity index (χ2n) is 7.76. The van der Waals surface area contributed by atoms with Crippen LogP contribution in [0, 0.1) is 23.0 Å². The van der Waals surface area contributed by atoms with Crippen LogP contribution in [0.4, 0.5) is 20.4 Å². The number of aromatic nitrogens is 2. The minimum Gasteiger partial charge on any atom is -0.379 e. The molecule has 1 heterocycles. The zero-order valence-corrected chi connectivity index (χ0v) is 20.1. The van der Waals surface area contributed by atoms with Crippen molar-refractivity contribution in [2.24, 2.45) is 0 Å². The Balaban J connectivity index is 1.84. The summed E-state index contributed by atoms with van der Waals surface area (Å²) in [6.07, 6.45) is 4.60. The van der Waals surface area contributed by atoms with Crippen molar-refractivity contribution < 1.29 is 17.2 Å². The number of hydrogen-bond donors (Lipinski definition) is 3. The van der Waals surface area contributed by atoms with E-state index in [1.165, 1.54) is 0 Å². The van der Waals surface area contributed by atoms with Gasteiger partial charge in [-0.25, -0.2) is 31.9 Å². The first-order chi connectivity index (χ1) is 16.1. The Morgan fingerprint density at radius 2 is 2.00 bits per heavy atom. The van der Waals surface area contributed by atoms with Gasteiger partial charge in [-0.05, 0) is 39.1 Å². The van der Waals surface area contributed by atoms with Gasteiger partial charge in [0, 0.05) is 30.7 Å². The molecule has 2 atom stereocenters. The maximum absolute atomic E-state index is 14.9. The van der Waals surface area contributed by atoms with Gasteiger partial charge in [0.2, 0.25) is 5.95 Å². The average molecular weight is 512 g/mol. The lowest BCUT2D eigenvalue weighted by molar-refractivity contribution is 0.248. The lowest BCUT2D eigenvalue weighted by Crippen LogP contribution is -2.47. The van der Waals surface area contributed by atoms with Crippen LogP contribution in [-0.2, 0) is 10.0 Å². The van der Waals surface area contributed by atoms with Crippen LogP contribution < -0.4 is 15.4 Å². The highest BCUT2D eigenvalue weighted by Crippen LogP contribution is 2.32. The highest BCUT2D eigenvalue weighted by Gasteiger charge is 2.29. The Morgan fingerprint density at radius 3 is 2.65 bits per heavy atom. The van der Waals surface area contributed by atoms with Gasteiger partial charge in [0.05, 0.1) is 29.2 Å². The standard InChI is InChI=1S/C21H24ClF2N7O2S/c1-26-5-6-31(2)19-7-13(10-25)3-4-17(19)29-18-9-16(24)20(8-15(18)22)34(32,33)30-21-27-11-14(23)12-28-21/h7-9,11-12,17,19,26,29H,3-6H2,1-2H3,(H,27,28,30). The van der Waals surface area contributed by atoms with Crippen LogP contribution in [0.1, 0.15) is 12.8 Å². The van der Waals surface area contributed by atoms with Crippen LogP contribution >= 0.6 is 11.6 Å². The Labute approximate surface area is 201 Å². The minimum absolute atomic E-state index is 0.00603. The lowest BCUT2D eigenvalue weighted by Gasteiger charge is -2.36. The first-order valence-electron chi connectivity index (χ1n) is 10.4. The number of hydrogen-bond acceptors (Lipinski definition) is 8. The Morgan fingerprint density at radius 1 is 1.29 bits per heavy atom. The predicted molar refractivity (Wildman–Crippen MR) is 125 cm³/mol. The summed E-state index contributed by atoms with van der Waals surface area (Å²) in [5.74, 6) is -2.19. The van der Waals surface area contributed by atoms with E-state index in [4.69, 9.17) is 11.6 Å². The summed E-state index contributed by atoms with van der Waals surface area (Å²) in [5, 5.41) is 15.6. The van der Waals surface area contributed by atoms with Crippen molar-refractivity contribution in [2.45, 2.75) is 29.8 Å². The van der Waals surface area contributed by atoms with Crippen LogP contribution in [-0.4, -0.2) is 62.6 Å². The number of sulfonamides is 1. The average Bonchev–Trinajstić information content (AvgIpc) is 2.81. The van der Waals surface area contributed by atoms with Crippen molar-refractivity contribution >= 4 is 33.3 Å². The van der Waals surface area contributed by atoms with E-state index in [2.05, 4.69) is 31.6 Å². The number of benzene rings is 1. The molecule has 3 rings (SSSR count). The third-order valence-electron chi connectivity index (χ3n) is 5.37. The van der Waals surface area contributed by atoms with Crippen LogP contribution in [0.15, 0.2) is 41.1 Å². The summed E-state index contributed by atoms with van der Waals surface area (Å²) in [7, 11) is -0.651. The second-order valence-corrected chi connectivity index (χ2v) is 9.82. The van der Waals surface area contributed by atoms with Gasteiger partial charge in [0.15, 0.2) is 5.82 Å². The molecule has 2 unspecified atom stereocenters. The Kier molecular flexibility index (Phi) is 8.37.